The number of rotatable bonds is 0. The fraction of sp³-hybridized carbons (Fsp3) is 1.00. The molecule has 1 N–H and O–H groups in total. The highest BCUT2D eigenvalue weighted by Crippen LogP contribution is 2.43. The van der Waals surface area contributed by atoms with Crippen molar-refractivity contribution in [2.75, 3.05) is 0 Å². The third-order valence-electron chi connectivity index (χ3n) is 3.78. The molecule has 0 bridgehead atoms. The second-order valence-corrected chi connectivity index (χ2v) is 4.68. The predicted octanol–water partition coefficient (Wildman–Crippen LogP) is 2.44. The molecule has 0 radical (unpaired) electrons. The van der Waals surface area contributed by atoms with Gasteiger partial charge in [0.15, 0.2) is 0 Å². The minimum Gasteiger partial charge on any atom is -0.393 e. The third kappa shape index (κ3) is 1.44. The quantitative estimate of drug-likeness (QED) is 0.571. The van der Waals surface area contributed by atoms with Crippen LogP contribution in [-0.2, 0) is 0 Å². The first-order chi connectivity index (χ1) is 4.96. The molecule has 3 atom stereocenters. The van der Waals surface area contributed by atoms with Crippen LogP contribution in [0.1, 0.15) is 40.5 Å². The lowest BCUT2D eigenvalue weighted by Gasteiger charge is -2.44. The largest absolute Gasteiger partial charge is 0.393 e. The normalized spacial score (nSPS) is 43.9. The van der Waals surface area contributed by atoms with Gasteiger partial charge in [0, 0.05) is 0 Å². The van der Waals surface area contributed by atoms with Gasteiger partial charge < -0.3 is 5.11 Å². The topological polar surface area (TPSA) is 20.2 Å². The molecule has 0 aromatic carbocycles. The van der Waals surface area contributed by atoms with E-state index in [2.05, 4.69) is 27.7 Å². The van der Waals surface area contributed by atoms with E-state index in [4.69, 9.17) is 0 Å². The number of hydrogen-bond acceptors (Lipinski definition) is 1. The van der Waals surface area contributed by atoms with Crippen LogP contribution in [0, 0.1) is 17.3 Å². The van der Waals surface area contributed by atoms with Crippen molar-refractivity contribution in [2.45, 2.75) is 46.6 Å². The lowest BCUT2D eigenvalue weighted by atomic mass is 9.63. The Morgan fingerprint density at radius 2 is 1.73 bits per heavy atom. The number of hydrogen-bond donors (Lipinski definition) is 1. The molecule has 11 heavy (non-hydrogen) atoms. The maximum absolute atomic E-state index is 9.73. The highest BCUT2D eigenvalue weighted by Gasteiger charge is 2.40. The minimum absolute atomic E-state index is 0.0892. The van der Waals surface area contributed by atoms with Gasteiger partial charge in [-0.2, -0.15) is 0 Å². The van der Waals surface area contributed by atoms with Gasteiger partial charge in [0.2, 0.25) is 0 Å². The zero-order valence-electron chi connectivity index (χ0n) is 8.09. The molecule has 1 rings (SSSR count). The van der Waals surface area contributed by atoms with E-state index < -0.39 is 0 Å². The smallest absolute Gasteiger partial charge is 0.0593 e. The van der Waals surface area contributed by atoms with Gasteiger partial charge in [-0.05, 0) is 30.1 Å². The van der Waals surface area contributed by atoms with Gasteiger partial charge in [-0.25, -0.2) is 0 Å². The van der Waals surface area contributed by atoms with Gasteiger partial charge in [0.1, 0.15) is 0 Å². The second-order valence-electron chi connectivity index (χ2n) is 4.68. The van der Waals surface area contributed by atoms with Gasteiger partial charge in [-0.1, -0.05) is 27.7 Å². The van der Waals surface area contributed by atoms with Gasteiger partial charge in [0.05, 0.1) is 6.10 Å². The highest BCUT2D eigenvalue weighted by molar-refractivity contribution is 4.89. The molecule has 2 unspecified atom stereocenters. The lowest BCUT2D eigenvalue weighted by molar-refractivity contribution is -0.0461. The summed E-state index contributed by atoms with van der Waals surface area (Å²) in [5, 5.41) is 9.73. The van der Waals surface area contributed by atoms with E-state index in [1.165, 1.54) is 6.42 Å². The van der Waals surface area contributed by atoms with Crippen LogP contribution >= 0.6 is 0 Å². The van der Waals surface area contributed by atoms with Crippen LogP contribution in [0.15, 0.2) is 0 Å². The molecule has 0 spiro atoms. The summed E-state index contributed by atoms with van der Waals surface area (Å²) in [7, 11) is 0. The molecule has 0 heterocycles. The van der Waals surface area contributed by atoms with Crippen LogP contribution in [0.4, 0.5) is 0 Å². The molecule has 1 fully saturated rings. The van der Waals surface area contributed by atoms with Gasteiger partial charge in [-0.3, -0.25) is 0 Å². The first-order valence-corrected chi connectivity index (χ1v) is 4.64. The predicted molar refractivity (Wildman–Crippen MR) is 47.3 cm³/mol. The Hall–Kier alpha value is -0.0400. The first-order valence-electron chi connectivity index (χ1n) is 4.64. The Kier molecular flexibility index (Phi) is 2.29. The average molecular weight is 156 g/mol. The van der Waals surface area contributed by atoms with E-state index in [1.54, 1.807) is 0 Å². The standard InChI is InChI=1S/C10H20O/c1-7-5-6-9(11)10(3,4)8(7)2/h7-9,11H,5-6H2,1-4H3/t7?,8?,9-/m0/s1. The van der Waals surface area contributed by atoms with E-state index in [0.717, 1.165) is 12.3 Å². The van der Waals surface area contributed by atoms with Crippen molar-refractivity contribution in [1.82, 2.24) is 0 Å². The van der Waals surface area contributed by atoms with Crippen molar-refractivity contribution in [1.29, 1.82) is 0 Å². The molecule has 1 nitrogen and oxygen atoms in total. The Morgan fingerprint density at radius 3 is 2.18 bits per heavy atom. The van der Waals surface area contributed by atoms with Crippen LogP contribution in [-0.4, -0.2) is 11.2 Å². The summed E-state index contributed by atoms with van der Waals surface area (Å²) in [6.45, 7) is 8.90. The minimum atomic E-state index is -0.0892. The Bertz CT molecular complexity index is 140. The van der Waals surface area contributed by atoms with Crippen LogP contribution < -0.4 is 0 Å². The molecular formula is C10H20O. The summed E-state index contributed by atoms with van der Waals surface area (Å²) in [5.41, 5.74) is 0.123. The molecule has 1 saturated carbocycles. The molecule has 66 valence electrons. The SMILES string of the molecule is CC1CC[C@H](O)C(C)(C)C1C. The zero-order valence-corrected chi connectivity index (χ0v) is 8.09. The first kappa shape index (κ1) is 9.05. The van der Waals surface area contributed by atoms with Gasteiger partial charge >= 0.3 is 0 Å². The van der Waals surface area contributed by atoms with Gasteiger partial charge in [0.25, 0.3) is 0 Å². The average Bonchev–Trinajstić information content (AvgIpc) is 1.95. The van der Waals surface area contributed by atoms with Gasteiger partial charge in [-0.15, -0.1) is 0 Å². The molecular weight excluding hydrogens is 136 g/mol. The fourth-order valence-electron chi connectivity index (χ4n) is 2.08. The van der Waals surface area contributed by atoms with Crippen LogP contribution in [0.25, 0.3) is 0 Å². The molecule has 0 aliphatic heterocycles. The lowest BCUT2D eigenvalue weighted by Crippen LogP contribution is -2.42. The van der Waals surface area contributed by atoms with Crippen LogP contribution in [0.2, 0.25) is 0 Å². The summed E-state index contributed by atoms with van der Waals surface area (Å²) in [5.74, 6) is 1.42. The zero-order chi connectivity index (χ0) is 8.65. The summed E-state index contributed by atoms with van der Waals surface area (Å²) < 4.78 is 0. The van der Waals surface area contributed by atoms with Crippen LogP contribution in [0.3, 0.4) is 0 Å². The monoisotopic (exact) mass is 156 g/mol. The summed E-state index contributed by atoms with van der Waals surface area (Å²) in [6.07, 6.45) is 2.08. The summed E-state index contributed by atoms with van der Waals surface area (Å²) in [4.78, 5) is 0. The fourth-order valence-corrected chi connectivity index (χ4v) is 2.08. The van der Waals surface area contributed by atoms with E-state index in [0.29, 0.717) is 5.92 Å². The maximum Gasteiger partial charge on any atom is 0.0593 e. The van der Waals surface area contributed by atoms with E-state index in [9.17, 15) is 5.11 Å². The van der Waals surface area contributed by atoms with E-state index in [1.807, 2.05) is 0 Å². The van der Waals surface area contributed by atoms with Crippen molar-refractivity contribution in [3.05, 3.63) is 0 Å². The second kappa shape index (κ2) is 2.78. The van der Waals surface area contributed by atoms with Crippen molar-refractivity contribution < 1.29 is 5.11 Å². The summed E-state index contributed by atoms with van der Waals surface area (Å²) >= 11 is 0. The molecule has 0 amide bonds. The molecule has 0 aromatic heterocycles. The Morgan fingerprint density at radius 1 is 1.18 bits per heavy atom. The molecule has 1 aliphatic carbocycles. The number of aliphatic hydroxyl groups excluding tert-OH is 1. The maximum atomic E-state index is 9.73. The van der Waals surface area contributed by atoms with Crippen molar-refractivity contribution in [2.24, 2.45) is 17.3 Å². The van der Waals surface area contributed by atoms with E-state index >= 15 is 0 Å². The third-order valence-corrected chi connectivity index (χ3v) is 3.78. The highest BCUT2D eigenvalue weighted by atomic mass is 16.3. The number of aliphatic hydroxyl groups is 1. The van der Waals surface area contributed by atoms with Crippen molar-refractivity contribution in [3.8, 4) is 0 Å². The van der Waals surface area contributed by atoms with Crippen LogP contribution in [0.5, 0.6) is 0 Å². The molecule has 1 heteroatoms. The molecule has 1 aliphatic rings. The van der Waals surface area contributed by atoms with Crippen molar-refractivity contribution >= 4 is 0 Å². The summed E-state index contributed by atoms with van der Waals surface area (Å²) in [6, 6.07) is 0. The molecule has 0 saturated heterocycles. The molecule has 0 aromatic rings. The Balaban J connectivity index is 2.72. The van der Waals surface area contributed by atoms with E-state index in [-0.39, 0.29) is 11.5 Å². The Labute approximate surface area is 69.8 Å². The van der Waals surface area contributed by atoms with Crippen molar-refractivity contribution in [3.63, 3.8) is 0 Å².